The first kappa shape index (κ1) is 21.6. The molecule has 9 heteroatoms. The quantitative estimate of drug-likeness (QED) is 0.601. The van der Waals surface area contributed by atoms with Crippen LogP contribution in [-0.4, -0.2) is 75.6 Å². The largest absolute Gasteiger partial charge is 0.476 e. The summed E-state index contributed by atoms with van der Waals surface area (Å²) >= 11 is 0. The molecule has 2 fully saturated rings. The summed E-state index contributed by atoms with van der Waals surface area (Å²) in [7, 11) is 0. The number of pyridine rings is 1. The average molecular weight is 429 g/mol. The number of benzene rings is 1. The van der Waals surface area contributed by atoms with E-state index in [1.807, 2.05) is 18.2 Å². The summed E-state index contributed by atoms with van der Waals surface area (Å²) < 4.78 is 30.2. The molecular formula is C22H28FN5O3. The van der Waals surface area contributed by atoms with E-state index in [-0.39, 0.29) is 12.4 Å². The Balaban J connectivity index is 1.43. The molecule has 166 valence electrons. The molecule has 2 aliphatic heterocycles. The van der Waals surface area contributed by atoms with Crippen LogP contribution in [0.5, 0.6) is 5.88 Å². The number of halogens is 1. The van der Waals surface area contributed by atoms with Gasteiger partial charge in [0.15, 0.2) is 5.82 Å². The molecule has 3 heterocycles. The smallest absolute Gasteiger partial charge is 0.217 e. The second-order valence-electron chi connectivity index (χ2n) is 7.45. The van der Waals surface area contributed by atoms with Crippen LogP contribution in [0.4, 0.5) is 15.9 Å². The number of hydrogen-bond donors (Lipinski definition) is 0. The van der Waals surface area contributed by atoms with Gasteiger partial charge in [0.1, 0.15) is 12.4 Å². The van der Waals surface area contributed by atoms with E-state index in [9.17, 15) is 4.39 Å². The van der Waals surface area contributed by atoms with E-state index in [2.05, 4.69) is 25.0 Å². The molecule has 0 unspecified atom stereocenters. The fourth-order valence-corrected chi connectivity index (χ4v) is 3.54. The van der Waals surface area contributed by atoms with Crippen LogP contribution in [-0.2, 0) is 16.0 Å². The van der Waals surface area contributed by atoms with Gasteiger partial charge in [0.25, 0.3) is 0 Å². The molecule has 31 heavy (non-hydrogen) atoms. The van der Waals surface area contributed by atoms with Gasteiger partial charge in [-0.1, -0.05) is 12.1 Å². The predicted molar refractivity (Wildman–Crippen MR) is 115 cm³/mol. The molecule has 0 bridgehead atoms. The fraction of sp³-hybridized carbons (Fsp3) is 0.500. The third kappa shape index (κ3) is 6.68. The van der Waals surface area contributed by atoms with Crippen molar-refractivity contribution in [3.05, 3.63) is 47.8 Å². The topological polar surface area (TPSA) is 71.8 Å². The van der Waals surface area contributed by atoms with Gasteiger partial charge in [0, 0.05) is 50.5 Å². The van der Waals surface area contributed by atoms with E-state index >= 15 is 0 Å². The zero-order chi connectivity index (χ0) is 21.3. The molecule has 0 aliphatic carbocycles. The molecule has 0 saturated carbocycles. The first-order chi connectivity index (χ1) is 15.3. The van der Waals surface area contributed by atoms with Crippen molar-refractivity contribution in [1.29, 1.82) is 0 Å². The van der Waals surface area contributed by atoms with E-state index in [1.54, 1.807) is 6.07 Å². The molecule has 2 saturated heterocycles. The van der Waals surface area contributed by atoms with E-state index in [4.69, 9.17) is 14.2 Å². The third-order valence-corrected chi connectivity index (χ3v) is 5.23. The summed E-state index contributed by atoms with van der Waals surface area (Å²) in [4.78, 5) is 9.04. The summed E-state index contributed by atoms with van der Waals surface area (Å²) in [6.45, 7) is 8.00. The van der Waals surface area contributed by atoms with Crippen LogP contribution in [0.2, 0.25) is 0 Å². The van der Waals surface area contributed by atoms with Crippen molar-refractivity contribution in [2.24, 2.45) is 10.2 Å². The zero-order valence-corrected chi connectivity index (χ0v) is 17.6. The Hall–Kier alpha value is -2.62. The molecule has 2 aromatic rings. The molecule has 0 N–H and O–H groups in total. The van der Waals surface area contributed by atoms with E-state index in [1.165, 1.54) is 12.1 Å². The number of aromatic nitrogens is 1. The Kier molecular flexibility index (Phi) is 7.76. The SMILES string of the molecule is Fc1cccc(CN=Nc2cc(N3CCOCC3)cc(OCCN3CCOCC3)n2)c1. The van der Waals surface area contributed by atoms with Gasteiger partial charge in [0.05, 0.1) is 33.0 Å². The predicted octanol–water partition coefficient (Wildman–Crippen LogP) is 3.05. The summed E-state index contributed by atoms with van der Waals surface area (Å²) in [5.41, 5.74) is 1.74. The highest BCUT2D eigenvalue weighted by Crippen LogP contribution is 2.26. The Bertz CT molecular complexity index is 870. The van der Waals surface area contributed by atoms with Gasteiger partial charge in [0.2, 0.25) is 5.88 Å². The van der Waals surface area contributed by atoms with Gasteiger partial charge in [-0.05, 0) is 17.7 Å². The summed E-state index contributed by atoms with van der Waals surface area (Å²) in [5.74, 6) is 0.717. The van der Waals surface area contributed by atoms with Crippen molar-refractivity contribution in [1.82, 2.24) is 9.88 Å². The lowest BCUT2D eigenvalue weighted by molar-refractivity contribution is 0.0320. The van der Waals surface area contributed by atoms with Gasteiger partial charge in [-0.3, -0.25) is 4.90 Å². The van der Waals surface area contributed by atoms with Gasteiger partial charge in [-0.25, -0.2) is 4.39 Å². The first-order valence-corrected chi connectivity index (χ1v) is 10.7. The Labute approximate surface area is 181 Å². The third-order valence-electron chi connectivity index (χ3n) is 5.23. The second-order valence-corrected chi connectivity index (χ2v) is 7.45. The number of azo groups is 1. The van der Waals surface area contributed by atoms with Gasteiger partial charge >= 0.3 is 0 Å². The molecular weight excluding hydrogens is 401 g/mol. The Morgan fingerprint density at radius 1 is 1.00 bits per heavy atom. The summed E-state index contributed by atoms with van der Waals surface area (Å²) in [5, 5.41) is 8.48. The molecule has 1 aromatic carbocycles. The molecule has 8 nitrogen and oxygen atoms in total. The first-order valence-electron chi connectivity index (χ1n) is 10.7. The number of ether oxygens (including phenoxy) is 3. The van der Waals surface area contributed by atoms with Crippen molar-refractivity contribution < 1.29 is 18.6 Å². The maximum absolute atomic E-state index is 13.4. The monoisotopic (exact) mass is 429 g/mol. The van der Waals surface area contributed by atoms with Gasteiger partial charge < -0.3 is 19.1 Å². The van der Waals surface area contributed by atoms with E-state index in [0.717, 1.165) is 57.2 Å². The fourth-order valence-electron chi connectivity index (χ4n) is 3.54. The van der Waals surface area contributed by atoms with Crippen LogP contribution in [0.1, 0.15) is 5.56 Å². The van der Waals surface area contributed by atoms with Gasteiger partial charge in [-0.15, -0.1) is 5.11 Å². The van der Waals surface area contributed by atoms with E-state index < -0.39 is 0 Å². The number of rotatable bonds is 8. The lowest BCUT2D eigenvalue weighted by atomic mass is 10.2. The maximum Gasteiger partial charge on any atom is 0.217 e. The standard InChI is InChI=1S/C22H28FN5O3/c23-19-3-1-2-18(14-19)17-24-26-21-15-20(28-7-11-30-12-8-28)16-22(25-21)31-13-6-27-4-9-29-10-5-27/h1-3,14-16H,4-13,17H2. The van der Waals surface area contributed by atoms with Crippen LogP contribution >= 0.6 is 0 Å². The molecule has 0 spiro atoms. The van der Waals surface area contributed by atoms with Crippen molar-refractivity contribution in [3.8, 4) is 5.88 Å². The number of anilines is 1. The van der Waals surface area contributed by atoms with Crippen LogP contribution < -0.4 is 9.64 Å². The highest BCUT2D eigenvalue weighted by atomic mass is 19.1. The van der Waals surface area contributed by atoms with Crippen molar-refractivity contribution in [2.75, 3.05) is 70.7 Å². The molecule has 2 aliphatic rings. The summed E-state index contributed by atoms with van der Waals surface area (Å²) in [6.07, 6.45) is 0. The minimum Gasteiger partial charge on any atom is -0.476 e. The highest BCUT2D eigenvalue weighted by molar-refractivity contribution is 5.55. The molecule has 4 rings (SSSR count). The van der Waals surface area contributed by atoms with Crippen molar-refractivity contribution in [3.63, 3.8) is 0 Å². The van der Waals surface area contributed by atoms with Crippen molar-refractivity contribution in [2.45, 2.75) is 6.54 Å². The average Bonchev–Trinajstić information content (AvgIpc) is 2.80. The lowest BCUT2D eigenvalue weighted by Crippen LogP contribution is -2.38. The van der Waals surface area contributed by atoms with Crippen LogP contribution in [0, 0.1) is 5.82 Å². The zero-order valence-electron chi connectivity index (χ0n) is 17.6. The second kappa shape index (κ2) is 11.1. The molecule has 1 aromatic heterocycles. The molecule has 0 radical (unpaired) electrons. The Morgan fingerprint density at radius 3 is 2.55 bits per heavy atom. The normalized spacial score (nSPS) is 17.9. The number of morpholine rings is 2. The van der Waals surface area contributed by atoms with Gasteiger partial charge in [-0.2, -0.15) is 10.1 Å². The highest BCUT2D eigenvalue weighted by Gasteiger charge is 2.15. The maximum atomic E-state index is 13.4. The lowest BCUT2D eigenvalue weighted by Gasteiger charge is -2.29. The Morgan fingerprint density at radius 2 is 1.77 bits per heavy atom. The number of nitrogens with zero attached hydrogens (tertiary/aromatic N) is 5. The van der Waals surface area contributed by atoms with Crippen LogP contribution in [0.3, 0.4) is 0 Å². The number of hydrogen-bond acceptors (Lipinski definition) is 8. The molecule has 0 amide bonds. The van der Waals surface area contributed by atoms with E-state index in [0.29, 0.717) is 31.5 Å². The summed E-state index contributed by atoms with van der Waals surface area (Å²) in [6, 6.07) is 10.2. The van der Waals surface area contributed by atoms with Crippen LogP contribution in [0.25, 0.3) is 0 Å². The van der Waals surface area contributed by atoms with Crippen LogP contribution in [0.15, 0.2) is 46.6 Å². The van der Waals surface area contributed by atoms with Crippen molar-refractivity contribution >= 4 is 11.5 Å². The minimum atomic E-state index is -0.281. The molecule has 0 atom stereocenters. The minimum absolute atomic E-state index is 0.281.